The van der Waals surface area contributed by atoms with Crippen molar-refractivity contribution in [2.45, 2.75) is 52.7 Å². The highest BCUT2D eigenvalue weighted by molar-refractivity contribution is 5.80. The van der Waals surface area contributed by atoms with Gasteiger partial charge < -0.3 is 15.8 Å². The van der Waals surface area contributed by atoms with Gasteiger partial charge in [0, 0.05) is 12.6 Å². The number of benzene rings is 1. The molecule has 2 unspecified atom stereocenters. The lowest BCUT2D eigenvalue weighted by Crippen LogP contribution is -2.38. The van der Waals surface area contributed by atoms with Crippen LogP contribution in [0.15, 0.2) is 24.3 Å². The maximum Gasteiger partial charge on any atom is 0.260 e. The summed E-state index contributed by atoms with van der Waals surface area (Å²) in [6.07, 6.45) is 1.44. The maximum absolute atomic E-state index is 11.8. The average molecular weight is 292 g/mol. The molecule has 1 amide bonds. The summed E-state index contributed by atoms with van der Waals surface area (Å²) in [6, 6.07) is 8.07. The minimum absolute atomic E-state index is 0.0790. The molecule has 1 aromatic carbocycles. The Morgan fingerprint density at radius 1 is 1.19 bits per heavy atom. The maximum atomic E-state index is 11.8. The highest BCUT2D eigenvalue weighted by atomic mass is 16.5. The van der Waals surface area contributed by atoms with E-state index in [4.69, 9.17) is 10.5 Å². The van der Waals surface area contributed by atoms with Gasteiger partial charge in [0.1, 0.15) is 5.75 Å². The molecule has 0 spiro atoms. The molecule has 2 atom stereocenters. The fraction of sp³-hybridized carbons (Fsp3) is 0.588. The van der Waals surface area contributed by atoms with E-state index in [-0.39, 0.29) is 11.9 Å². The summed E-state index contributed by atoms with van der Waals surface area (Å²) in [5, 5.41) is 2.87. The van der Waals surface area contributed by atoms with Crippen LogP contribution in [0.5, 0.6) is 5.75 Å². The molecule has 21 heavy (non-hydrogen) atoms. The van der Waals surface area contributed by atoms with Crippen molar-refractivity contribution in [3.8, 4) is 5.75 Å². The fourth-order valence-corrected chi connectivity index (χ4v) is 1.84. The predicted octanol–water partition coefficient (Wildman–Crippen LogP) is 2.51. The van der Waals surface area contributed by atoms with Crippen molar-refractivity contribution in [1.82, 2.24) is 5.32 Å². The van der Waals surface area contributed by atoms with Crippen LogP contribution >= 0.6 is 0 Å². The summed E-state index contributed by atoms with van der Waals surface area (Å²) in [4.78, 5) is 11.8. The van der Waals surface area contributed by atoms with E-state index in [1.807, 2.05) is 31.2 Å². The molecule has 3 N–H and O–H groups in total. The average Bonchev–Trinajstić information content (AvgIpc) is 2.43. The molecule has 0 fully saturated rings. The minimum Gasteiger partial charge on any atom is -0.481 e. The summed E-state index contributed by atoms with van der Waals surface area (Å²) < 4.78 is 5.65. The molecule has 0 bridgehead atoms. The lowest BCUT2D eigenvalue weighted by atomic mass is 10.1. The first kappa shape index (κ1) is 17.5. The Balaban J connectivity index is 2.45. The van der Waals surface area contributed by atoms with Crippen molar-refractivity contribution >= 4 is 5.91 Å². The summed E-state index contributed by atoms with van der Waals surface area (Å²) in [5.41, 5.74) is 6.98. The molecule has 0 heterocycles. The quantitative estimate of drug-likeness (QED) is 0.774. The van der Waals surface area contributed by atoms with Crippen LogP contribution in [0.1, 0.15) is 39.7 Å². The zero-order valence-corrected chi connectivity index (χ0v) is 13.6. The normalized spacial score (nSPS) is 13.8. The van der Waals surface area contributed by atoms with E-state index in [9.17, 15) is 4.79 Å². The summed E-state index contributed by atoms with van der Waals surface area (Å²) in [6.45, 7) is 8.57. The number of rotatable bonds is 8. The Hall–Kier alpha value is -1.55. The SMILES string of the molecule is CC(C)CNC(=O)C(C)Oc1ccc(CCC(C)N)cc1. The lowest BCUT2D eigenvalue weighted by molar-refractivity contribution is -0.127. The second kappa shape index (κ2) is 8.67. The van der Waals surface area contributed by atoms with E-state index >= 15 is 0 Å². The molecule has 0 saturated heterocycles. The van der Waals surface area contributed by atoms with Gasteiger partial charge in [0.15, 0.2) is 6.10 Å². The van der Waals surface area contributed by atoms with Gasteiger partial charge in [-0.05, 0) is 50.3 Å². The lowest BCUT2D eigenvalue weighted by Gasteiger charge is -2.16. The first-order valence-corrected chi connectivity index (χ1v) is 7.67. The van der Waals surface area contributed by atoms with Crippen molar-refractivity contribution in [3.05, 3.63) is 29.8 Å². The summed E-state index contributed by atoms with van der Waals surface area (Å²) in [7, 11) is 0. The van der Waals surface area contributed by atoms with Crippen LogP contribution in [0.4, 0.5) is 0 Å². The third-order valence-corrected chi connectivity index (χ3v) is 3.18. The van der Waals surface area contributed by atoms with Gasteiger partial charge in [0.2, 0.25) is 0 Å². The van der Waals surface area contributed by atoms with E-state index < -0.39 is 6.10 Å². The van der Waals surface area contributed by atoms with Crippen LogP contribution in [0, 0.1) is 5.92 Å². The second-order valence-corrected chi connectivity index (χ2v) is 6.06. The van der Waals surface area contributed by atoms with Crippen molar-refractivity contribution < 1.29 is 9.53 Å². The number of hydrogen-bond donors (Lipinski definition) is 2. The fourth-order valence-electron chi connectivity index (χ4n) is 1.84. The third kappa shape index (κ3) is 7.14. The van der Waals surface area contributed by atoms with Crippen molar-refractivity contribution in [3.63, 3.8) is 0 Å². The Bertz CT molecular complexity index is 427. The van der Waals surface area contributed by atoms with Crippen molar-refractivity contribution in [1.29, 1.82) is 0 Å². The zero-order valence-electron chi connectivity index (χ0n) is 13.6. The van der Waals surface area contributed by atoms with Crippen molar-refractivity contribution in [2.24, 2.45) is 11.7 Å². The summed E-state index contributed by atoms with van der Waals surface area (Å²) >= 11 is 0. The van der Waals surface area contributed by atoms with Crippen LogP contribution in [-0.4, -0.2) is 24.6 Å². The number of nitrogens with two attached hydrogens (primary N) is 1. The molecular formula is C17H28N2O2. The molecular weight excluding hydrogens is 264 g/mol. The monoisotopic (exact) mass is 292 g/mol. The predicted molar refractivity (Wildman–Crippen MR) is 86.4 cm³/mol. The van der Waals surface area contributed by atoms with Gasteiger partial charge in [-0.1, -0.05) is 26.0 Å². The van der Waals surface area contributed by atoms with Gasteiger partial charge >= 0.3 is 0 Å². The van der Waals surface area contributed by atoms with Gasteiger partial charge in [-0.25, -0.2) is 0 Å². The Labute approximate surface area is 128 Å². The first-order chi connectivity index (χ1) is 9.88. The van der Waals surface area contributed by atoms with Gasteiger partial charge in [0.25, 0.3) is 5.91 Å². The Morgan fingerprint density at radius 3 is 2.33 bits per heavy atom. The smallest absolute Gasteiger partial charge is 0.260 e. The van der Waals surface area contributed by atoms with Crippen LogP contribution in [-0.2, 0) is 11.2 Å². The Kier molecular flexibility index (Phi) is 7.23. The first-order valence-electron chi connectivity index (χ1n) is 7.67. The highest BCUT2D eigenvalue weighted by Crippen LogP contribution is 2.15. The number of hydrogen-bond acceptors (Lipinski definition) is 3. The number of ether oxygens (including phenoxy) is 1. The number of amides is 1. The van der Waals surface area contributed by atoms with E-state index in [1.54, 1.807) is 6.92 Å². The number of carbonyl (C=O) groups excluding carboxylic acids is 1. The molecule has 0 aliphatic rings. The molecule has 1 aromatic rings. The topological polar surface area (TPSA) is 64.3 Å². The number of aryl methyl sites for hydroxylation is 1. The zero-order chi connectivity index (χ0) is 15.8. The van der Waals surface area contributed by atoms with E-state index in [1.165, 1.54) is 5.56 Å². The number of nitrogens with one attached hydrogen (secondary N) is 1. The largest absolute Gasteiger partial charge is 0.481 e. The van der Waals surface area contributed by atoms with Gasteiger partial charge in [-0.3, -0.25) is 4.79 Å². The van der Waals surface area contributed by atoms with Crippen molar-refractivity contribution in [2.75, 3.05) is 6.54 Å². The standard InChI is InChI=1S/C17H28N2O2/c1-12(2)11-19-17(20)14(4)21-16-9-7-15(8-10-16)6-5-13(3)18/h7-10,12-14H,5-6,11,18H2,1-4H3,(H,19,20). The van der Waals surface area contributed by atoms with E-state index in [2.05, 4.69) is 19.2 Å². The van der Waals surface area contributed by atoms with Gasteiger partial charge in [0.05, 0.1) is 0 Å². The van der Waals surface area contributed by atoms with Gasteiger partial charge in [-0.2, -0.15) is 0 Å². The third-order valence-electron chi connectivity index (χ3n) is 3.18. The van der Waals surface area contributed by atoms with Crippen LogP contribution in [0.3, 0.4) is 0 Å². The molecule has 1 rings (SSSR count). The molecule has 118 valence electrons. The Morgan fingerprint density at radius 2 is 1.81 bits per heavy atom. The molecule has 0 aliphatic heterocycles. The molecule has 0 aliphatic carbocycles. The van der Waals surface area contributed by atoms with E-state index in [0.717, 1.165) is 12.8 Å². The molecule has 4 nitrogen and oxygen atoms in total. The van der Waals surface area contributed by atoms with Crippen LogP contribution < -0.4 is 15.8 Å². The van der Waals surface area contributed by atoms with E-state index in [0.29, 0.717) is 18.2 Å². The minimum atomic E-state index is -0.487. The molecule has 0 saturated carbocycles. The second-order valence-electron chi connectivity index (χ2n) is 6.06. The highest BCUT2D eigenvalue weighted by Gasteiger charge is 2.14. The molecule has 0 radical (unpaired) electrons. The van der Waals surface area contributed by atoms with Crippen LogP contribution in [0.2, 0.25) is 0 Å². The van der Waals surface area contributed by atoms with Crippen LogP contribution in [0.25, 0.3) is 0 Å². The summed E-state index contributed by atoms with van der Waals surface area (Å²) in [5.74, 6) is 1.07. The molecule has 4 heteroatoms. The number of carbonyl (C=O) groups is 1. The molecule has 0 aromatic heterocycles. The van der Waals surface area contributed by atoms with Gasteiger partial charge in [-0.15, -0.1) is 0 Å².